The van der Waals surface area contributed by atoms with Crippen LogP contribution in [0.15, 0.2) is 33.3 Å². The number of rotatable bonds is 5. The van der Waals surface area contributed by atoms with Crippen LogP contribution < -0.4 is 5.32 Å². The van der Waals surface area contributed by atoms with Crippen molar-refractivity contribution in [3.05, 3.63) is 45.2 Å². The van der Waals surface area contributed by atoms with Crippen LogP contribution in [0, 0.1) is 18.3 Å². The maximum Gasteiger partial charge on any atom is 0.308 e. The highest BCUT2D eigenvalue weighted by Gasteiger charge is 2.45. The van der Waals surface area contributed by atoms with E-state index in [4.69, 9.17) is 16.1 Å². The van der Waals surface area contributed by atoms with E-state index in [2.05, 4.69) is 26.4 Å². The quantitative estimate of drug-likeness (QED) is 0.688. The third-order valence-corrected chi connectivity index (χ3v) is 4.88. The van der Waals surface area contributed by atoms with Gasteiger partial charge in [0.25, 0.3) is 0 Å². The summed E-state index contributed by atoms with van der Waals surface area (Å²) in [7, 11) is 0. The molecule has 1 amide bonds. The van der Waals surface area contributed by atoms with Crippen molar-refractivity contribution in [2.75, 3.05) is 5.32 Å². The van der Waals surface area contributed by atoms with Gasteiger partial charge in [-0.25, -0.2) is 0 Å². The second-order valence-electron chi connectivity index (χ2n) is 7.14. The summed E-state index contributed by atoms with van der Waals surface area (Å²) in [6.45, 7) is 7.02. The lowest BCUT2D eigenvalue weighted by Gasteiger charge is -2.32. The van der Waals surface area contributed by atoms with Crippen molar-refractivity contribution in [2.24, 2.45) is 11.3 Å². The predicted molar refractivity (Wildman–Crippen MR) is 102 cm³/mol. The van der Waals surface area contributed by atoms with E-state index in [9.17, 15) is 14.7 Å². The molecule has 1 aromatic heterocycles. The Morgan fingerprint density at radius 1 is 1.31 bits per heavy atom. The highest BCUT2D eigenvalue weighted by molar-refractivity contribution is 9.10. The van der Waals surface area contributed by atoms with E-state index in [0.29, 0.717) is 20.9 Å². The molecule has 0 saturated heterocycles. The van der Waals surface area contributed by atoms with Crippen molar-refractivity contribution in [1.29, 1.82) is 0 Å². The van der Waals surface area contributed by atoms with E-state index in [0.717, 1.165) is 0 Å². The zero-order valence-corrected chi connectivity index (χ0v) is 17.2. The van der Waals surface area contributed by atoms with E-state index >= 15 is 0 Å². The van der Waals surface area contributed by atoms with Gasteiger partial charge >= 0.3 is 5.97 Å². The summed E-state index contributed by atoms with van der Waals surface area (Å²) in [4.78, 5) is 25.0. The van der Waals surface area contributed by atoms with Crippen LogP contribution in [0.1, 0.15) is 38.1 Å². The van der Waals surface area contributed by atoms with Crippen LogP contribution >= 0.6 is 27.5 Å². The van der Waals surface area contributed by atoms with Gasteiger partial charge in [0.15, 0.2) is 0 Å². The first-order chi connectivity index (χ1) is 12.0. The standard InChI is InChI=1S/C18H20BrClN2O4/c1-9-7-13(26-22-9)14(15(17(24)25)18(2,3)4)16(23)21-12-8-10(20)5-6-11(12)19/h5-8,14-15H,1-4H3,(H,21,23)(H,24,25). The first kappa shape index (κ1) is 20.5. The third-order valence-electron chi connectivity index (χ3n) is 3.95. The molecule has 2 rings (SSSR count). The normalized spacial score (nSPS) is 13.9. The fourth-order valence-electron chi connectivity index (χ4n) is 2.79. The molecule has 2 atom stereocenters. The number of carboxylic acid groups (broad SMARTS) is 1. The van der Waals surface area contributed by atoms with E-state index in [1.807, 2.05) is 0 Å². The molecule has 0 aliphatic carbocycles. The Hall–Kier alpha value is -1.86. The summed E-state index contributed by atoms with van der Waals surface area (Å²) in [5, 5.41) is 16.8. The second-order valence-corrected chi connectivity index (χ2v) is 8.43. The van der Waals surface area contributed by atoms with Crippen LogP contribution in [-0.2, 0) is 9.59 Å². The average molecular weight is 444 g/mol. The van der Waals surface area contributed by atoms with Gasteiger partial charge in [0, 0.05) is 15.6 Å². The molecule has 8 heteroatoms. The maximum absolute atomic E-state index is 13.1. The van der Waals surface area contributed by atoms with Crippen molar-refractivity contribution in [2.45, 2.75) is 33.6 Å². The van der Waals surface area contributed by atoms with Crippen LogP contribution in [0.4, 0.5) is 5.69 Å². The molecule has 0 spiro atoms. The first-order valence-electron chi connectivity index (χ1n) is 7.92. The lowest BCUT2D eigenvalue weighted by molar-refractivity contribution is -0.149. The lowest BCUT2D eigenvalue weighted by Crippen LogP contribution is -2.39. The number of carbonyl (C=O) groups is 2. The zero-order valence-electron chi connectivity index (χ0n) is 14.8. The zero-order chi connectivity index (χ0) is 19.6. The number of carboxylic acids is 1. The number of halogens is 2. The number of amides is 1. The number of nitrogens with zero attached hydrogens (tertiary/aromatic N) is 1. The highest BCUT2D eigenvalue weighted by Crippen LogP contribution is 2.40. The van der Waals surface area contributed by atoms with E-state index in [1.54, 1.807) is 52.0 Å². The Labute approximate surface area is 165 Å². The topological polar surface area (TPSA) is 92.4 Å². The number of aryl methyl sites for hydroxylation is 1. The van der Waals surface area contributed by atoms with Gasteiger partial charge in [0.2, 0.25) is 5.91 Å². The largest absolute Gasteiger partial charge is 0.481 e. The summed E-state index contributed by atoms with van der Waals surface area (Å²) < 4.78 is 5.88. The van der Waals surface area contributed by atoms with Gasteiger partial charge in [-0.2, -0.15) is 0 Å². The van der Waals surface area contributed by atoms with Gasteiger partial charge in [-0.1, -0.05) is 37.5 Å². The monoisotopic (exact) mass is 442 g/mol. The molecule has 1 aromatic carbocycles. The molecule has 0 aliphatic rings. The molecule has 26 heavy (non-hydrogen) atoms. The molecule has 0 radical (unpaired) electrons. The maximum atomic E-state index is 13.1. The van der Waals surface area contributed by atoms with E-state index in [-0.39, 0.29) is 5.76 Å². The molecule has 140 valence electrons. The molecular weight excluding hydrogens is 424 g/mol. The highest BCUT2D eigenvalue weighted by atomic mass is 79.9. The molecule has 0 aliphatic heterocycles. The summed E-state index contributed by atoms with van der Waals surface area (Å²) in [6.07, 6.45) is 0. The number of carbonyl (C=O) groups excluding carboxylic acids is 1. The van der Waals surface area contributed by atoms with E-state index < -0.39 is 29.1 Å². The Morgan fingerprint density at radius 3 is 2.46 bits per heavy atom. The van der Waals surface area contributed by atoms with Crippen molar-refractivity contribution < 1.29 is 19.2 Å². The average Bonchev–Trinajstić information content (AvgIpc) is 2.92. The minimum atomic E-state index is -1.09. The number of aliphatic carboxylic acids is 1. The predicted octanol–water partition coefficient (Wildman–Crippen LogP) is 4.87. The van der Waals surface area contributed by atoms with E-state index in [1.165, 1.54) is 0 Å². The van der Waals surface area contributed by atoms with Crippen LogP contribution in [0.25, 0.3) is 0 Å². The number of nitrogens with one attached hydrogen (secondary N) is 1. The van der Waals surface area contributed by atoms with Gasteiger partial charge in [0.05, 0.1) is 17.3 Å². The molecule has 0 bridgehead atoms. The number of hydrogen-bond acceptors (Lipinski definition) is 4. The Balaban J connectivity index is 2.48. The van der Waals surface area contributed by atoms with Gasteiger partial charge < -0.3 is 14.9 Å². The minimum Gasteiger partial charge on any atom is -0.481 e. The molecule has 2 aromatic rings. The van der Waals surface area contributed by atoms with Gasteiger partial charge in [-0.15, -0.1) is 0 Å². The van der Waals surface area contributed by atoms with Crippen LogP contribution in [-0.4, -0.2) is 22.1 Å². The number of benzene rings is 1. The SMILES string of the molecule is Cc1cc(C(C(=O)Nc2cc(Cl)ccc2Br)C(C(=O)O)C(C)(C)C)on1. The van der Waals surface area contributed by atoms with Crippen LogP contribution in [0.2, 0.25) is 5.02 Å². The number of anilines is 1. The fraction of sp³-hybridized carbons (Fsp3) is 0.389. The van der Waals surface area contributed by atoms with Crippen molar-refractivity contribution in [3.63, 3.8) is 0 Å². The van der Waals surface area contributed by atoms with Crippen LogP contribution in [0.3, 0.4) is 0 Å². The Bertz CT molecular complexity index is 829. The van der Waals surface area contributed by atoms with Crippen LogP contribution in [0.5, 0.6) is 0 Å². The summed E-state index contributed by atoms with van der Waals surface area (Å²) in [5.74, 6) is -3.46. The first-order valence-corrected chi connectivity index (χ1v) is 9.09. The summed E-state index contributed by atoms with van der Waals surface area (Å²) in [5.41, 5.74) is 0.321. The molecule has 6 nitrogen and oxygen atoms in total. The fourth-order valence-corrected chi connectivity index (χ4v) is 3.31. The lowest BCUT2D eigenvalue weighted by atomic mass is 9.71. The molecular formula is C18H20BrClN2O4. The number of hydrogen-bond donors (Lipinski definition) is 2. The third kappa shape index (κ3) is 4.65. The molecule has 0 saturated carbocycles. The molecule has 2 N–H and O–H groups in total. The molecule has 2 unspecified atom stereocenters. The molecule has 0 fully saturated rings. The minimum absolute atomic E-state index is 0.209. The van der Waals surface area contributed by atoms with Crippen molar-refractivity contribution in [3.8, 4) is 0 Å². The van der Waals surface area contributed by atoms with Crippen molar-refractivity contribution in [1.82, 2.24) is 5.16 Å². The van der Waals surface area contributed by atoms with Crippen molar-refractivity contribution >= 4 is 45.1 Å². The van der Waals surface area contributed by atoms with Gasteiger partial charge in [-0.3, -0.25) is 9.59 Å². The molecule has 1 heterocycles. The Morgan fingerprint density at radius 2 is 1.96 bits per heavy atom. The second kappa shape index (κ2) is 7.80. The van der Waals surface area contributed by atoms with Gasteiger partial charge in [0.1, 0.15) is 11.7 Å². The van der Waals surface area contributed by atoms with Gasteiger partial charge in [-0.05, 0) is 46.5 Å². The summed E-state index contributed by atoms with van der Waals surface area (Å²) in [6, 6.07) is 6.54. The Kier molecular flexibility index (Phi) is 6.13. The summed E-state index contributed by atoms with van der Waals surface area (Å²) >= 11 is 9.34. The smallest absolute Gasteiger partial charge is 0.308 e. The number of aromatic nitrogens is 1.